The van der Waals surface area contributed by atoms with Crippen molar-refractivity contribution in [1.82, 2.24) is 14.2 Å². The molecule has 0 spiro atoms. The van der Waals surface area contributed by atoms with E-state index >= 15 is 0 Å². The summed E-state index contributed by atoms with van der Waals surface area (Å²) in [5, 5.41) is 0. The summed E-state index contributed by atoms with van der Waals surface area (Å²) in [5.41, 5.74) is -0.533. The molecule has 1 amide bonds. The summed E-state index contributed by atoms with van der Waals surface area (Å²) in [6, 6.07) is 8.29. The van der Waals surface area contributed by atoms with Gasteiger partial charge in [0, 0.05) is 51.0 Å². The SMILES string of the molecule is CCN(CC)S(=O)(=O)c1cccc(C(=O)N2CCN(c3ccc(C(F)(F)F)cn3)CC2)c1. The topological polar surface area (TPSA) is 73.8 Å². The van der Waals surface area contributed by atoms with Gasteiger partial charge >= 0.3 is 6.18 Å². The molecular formula is C21H25F3N4O3S. The average molecular weight is 471 g/mol. The van der Waals surface area contributed by atoms with Gasteiger partial charge in [-0.2, -0.15) is 17.5 Å². The van der Waals surface area contributed by atoms with Crippen LogP contribution in [0.25, 0.3) is 0 Å². The van der Waals surface area contributed by atoms with E-state index in [1.54, 1.807) is 30.9 Å². The third-order valence-corrected chi connectivity index (χ3v) is 7.44. The summed E-state index contributed by atoms with van der Waals surface area (Å²) in [7, 11) is -3.68. The van der Waals surface area contributed by atoms with Gasteiger partial charge < -0.3 is 9.80 Å². The van der Waals surface area contributed by atoms with Crippen molar-refractivity contribution in [3.63, 3.8) is 0 Å². The monoisotopic (exact) mass is 470 g/mol. The number of aromatic nitrogens is 1. The Morgan fingerprint density at radius 3 is 2.25 bits per heavy atom. The summed E-state index contributed by atoms with van der Waals surface area (Å²) in [6.07, 6.45) is -3.64. The second kappa shape index (κ2) is 9.45. The molecule has 0 N–H and O–H groups in total. The number of sulfonamides is 1. The van der Waals surface area contributed by atoms with Gasteiger partial charge in [0.05, 0.1) is 10.5 Å². The highest BCUT2D eigenvalue weighted by Crippen LogP contribution is 2.29. The van der Waals surface area contributed by atoms with E-state index in [1.165, 1.54) is 22.5 Å². The molecule has 0 aliphatic carbocycles. The normalized spacial score (nSPS) is 15.3. The van der Waals surface area contributed by atoms with Gasteiger partial charge in [-0.3, -0.25) is 4.79 Å². The van der Waals surface area contributed by atoms with Gasteiger partial charge in [-0.15, -0.1) is 0 Å². The number of pyridine rings is 1. The number of piperazine rings is 1. The largest absolute Gasteiger partial charge is 0.417 e. The van der Waals surface area contributed by atoms with Gasteiger partial charge in [-0.25, -0.2) is 13.4 Å². The van der Waals surface area contributed by atoms with Crippen LogP contribution in [0.3, 0.4) is 0 Å². The van der Waals surface area contributed by atoms with E-state index < -0.39 is 21.8 Å². The Labute approximate surface area is 185 Å². The maximum absolute atomic E-state index is 12.9. The Hall–Kier alpha value is -2.66. The highest BCUT2D eigenvalue weighted by atomic mass is 32.2. The van der Waals surface area contributed by atoms with Crippen molar-refractivity contribution in [2.75, 3.05) is 44.2 Å². The van der Waals surface area contributed by atoms with Gasteiger partial charge in [0.25, 0.3) is 5.91 Å². The van der Waals surface area contributed by atoms with Crippen LogP contribution in [0.1, 0.15) is 29.8 Å². The molecule has 2 heterocycles. The maximum atomic E-state index is 12.9. The number of hydrogen-bond acceptors (Lipinski definition) is 5. The zero-order chi connectivity index (χ0) is 23.5. The van der Waals surface area contributed by atoms with E-state index in [4.69, 9.17) is 0 Å². The Morgan fingerprint density at radius 2 is 1.72 bits per heavy atom. The minimum atomic E-state index is -4.44. The minimum Gasteiger partial charge on any atom is -0.353 e. The highest BCUT2D eigenvalue weighted by Gasteiger charge is 2.31. The van der Waals surface area contributed by atoms with Crippen LogP contribution in [-0.4, -0.2) is 67.8 Å². The number of rotatable bonds is 6. The molecule has 0 saturated carbocycles. The first-order valence-corrected chi connectivity index (χ1v) is 11.7. The number of amides is 1. The van der Waals surface area contributed by atoms with E-state index in [-0.39, 0.29) is 16.4 Å². The summed E-state index contributed by atoms with van der Waals surface area (Å²) in [5.74, 6) is 0.124. The number of nitrogens with zero attached hydrogens (tertiary/aromatic N) is 4. The molecule has 32 heavy (non-hydrogen) atoms. The lowest BCUT2D eigenvalue weighted by Crippen LogP contribution is -2.49. The molecule has 11 heteroatoms. The Balaban J connectivity index is 1.68. The molecule has 7 nitrogen and oxygen atoms in total. The predicted molar refractivity (Wildman–Crippen MR) is 114 cm³/mol. The van der Waals surface area contributed by atoms with Crippen LogP contribution in [0, 0.1) is 0 Å². The van der Waals surface area contributed by atoms with Gasteiger partial charge in [0.1, 0.15) is 5.82 Å². The van der Waals surface area contributed by atoms with Crippen LogP contribution in [0.15, 0.2) is 47.5 Å². The van der Waals surface area contributed by atoms with Crippen molar-refractivity contribution in [2.24, 2.45) is 0 Å². The number of carbonyl (C=O) groups excluding carboxylic acids is 1. The number of carbonyl (C=O) groups is 1. The highest BCUT2D eigenvalue weighted by molar-refractivity contribution is 7.89. The number of alkyl halides is 3. The fourth-order valence-electron chi connectivity index (χ4n) is 3.56. The van der Waals surface area contributed by atoms with Crippen molar-refractivity contribution in [3.8, 4) is 0 Å². The van der Waals surface area contributed by atoms with Crippen molar-refractivity contribution in [2.45, 2.75) is 24.9 Å². The number of hydrogen-bond donors (Lipinski definition) is 0. The Kier molecular flexibility index (Phi) is 7.09. The summed E-state index contributed by atoms with van der Waals surface area (Å²) in [4.78, 5) is 20.3. The first-order chi connectivity index (χ1) is 15.1. The predicted octanol–water partition coefficient (Wildman–Crippen LogP) is 3.09. The smallest absolute Gasteiger partial charge is 0.353 e. The van der Waals surface area contributed by atoms with Crippen molar-refractivity contribution in [1.29, 1.82) is 0 Å². The standard InChI is InChI=1S/C21H25F3N4O3S/c1-3-28(4-2)32(30,31)18-7-5-6-16(14-18)20(29)27-12-10-26(11-13-27)19-9-8-17(15-25-19)21(22,23)24/h5-9,14-15H,3-4,10-13H2,1-2H3. The quantitative estimate of drug-likeness (QED) is 0.649. The fraction of sp³-hybridized carbons (Fsp3) is 0.429. The lowest BCUT2D eigenvalue weighted by atomic mass is 10.2. The zero-order valence-electron chi connectivity index (χ0n) is 17.8. The third-order valence-electron chi connectivity index (χ3n) is 5.39. The molecule has 1 fully saturated rings. The number of halogens is 3. The molecule has 1 saturated heterocycles. The molecule has 2 aromatic rings. The first kappa shape index (κ1) is 24.0. The van der Waals surface area contributed by atoms with Crippen LogP contribution in [0.5, 0.6) is 0 Å². The van der Waals surface area contributed by atoms with E-state index in [0.29, 0.717) is 45.1 Å². The van der Waals surface area contributed by atoms with Crippen molar-refractivity contribution in [3.05, 3.63) is 53.7 Å². The summed E-state index contributed by atoms with van der Waals surface area (Å²) < 4.78 is 65.0. The molecule has 3 rings (SSSR count). The Morgan fingerprint density at radius 1 is 1.06 bits per heavy atom. The zero-order valence-corrected chi connectivity index (χ0v) is 18.7. The molecule has 1 aromatic carbocycles. The lowest BCUT2D eigenvalue weighted by molar-refractivity contribution is -0.137. The van der Waals surface area contributed by atoms with Crippen LogP contribution in [-0.2, 0) is 16.2 Å². The van der Waals surface area contributed by atoms with E-state index in [0.717, 1.165) is 12.3 Å². The van der Waals surface area contributed by atoms with E-state index in [1.807, 2.05) is 4.90 Å². The van der Waals surface area contributed by atoms with Crippen LogP contribution in [0.4, 0.5) is 19.0 Å². The summed E-state index contributed by atoms with van der Waals surface area (Å²) in [6.45, 7) is 5.65. The lowest BCUT2D eigenvalue weighted by Gasteiger charge is -2.35. The van der Waals surface area contributed by atoms with E-state index in [9.17, 15) is 26.4 Å². The number of benzene rings is 1. The summed E-state index contributed by atoms with van der Waals surface area (Å²) >= 11 is 0. The van der Waals surface area contributed by atoms with Gasteiger partial charge in [-0.05, 0) is 30.3 Å². The van der Waals surface area contributed by atoms with E-state index in [2.05, 4.69) is 4.98 Å². The third kappa shape index (κ3) is 5.04. The Bertz CT molecular complexity index is 1050. The van der Waals surface area contributed by atoms with Crippen LogP contribution >= 0.6 is 0 Å². The maximum Gasteiger partial charge on any atom is 0.417 e. The van der Waals surface area contributed by atoms with Crippen LogP contribution < -0.4 is 4.90 Å². The molecule has 1 aromatic heterocycles. The second-order valence-electron chi connectivity index (χ2n) is 7.30. The van der Waals surface area contributed by atoms with Gasteiger partial charge in [0.2, 0.25) is 10.0 Å². The average Bonchev–Trinajstić information content (AvgIpc) is 2.79. The second-order valence-corrected chi connectivity index (χ2v) is 9.24. The van der Waals surface area contributed by atoms with Crippen molar-refractivity contribution >= 4 is 21.7 Å². The molecule has 0 radical (unpaired) electrons. The molecule has 174 valence electrons. The minimum absolute atomic E-state index is 0.0691. The van der Waals surface area contributed by atoms with Gasteiger partial charge in [0.15, 0.2) is 0 Å². The molecule has 1 aliphatic rings. The molecular weight excluding hydrogens is 445 g/mol. The molecule has 1 aliphatic heterocycles. The molecule has 0 bridgehead atoms. The number of anilines is 1. The molecule has 0 unspecified atom stereocenters. The van der Waals surface area contributed by atoms with Gasteiger partial charge in [-0.1, -0.05) is 19.9 Å². The van der Waals surface area contributed by atoms with Crippen molar-refractivity contribution < 1.29 is 26.4 Å². The first-order valence-electron chi connectivity index (χ1n) is 10.3. The fourth-order valence-corrected chi connectivity index (χ4v) is 5.07. The molecule has 0 atom stereocenters. The van der Waals surface area contributed by atoms with Crippen LogP contribution in [0.2, 0.25) is 0 Å².